The predicted molar refractivity (Wildman–Crippen MR) is 183 cm³/mol. The van der Waals surface area contributed by atoms with Gasteiger partial charge in [0.05, 0.1) is 0 Å². The molecule has 0 unspecified atom stereocenters. The third kappa shape index (κ3) is 37.8. The molecule has 0 N–H and O–H groups in total. The standard InChI is InChI=1S/C7H17N.C6H13N.C6H15N.C5H11N.C5H13N.C4H11N/c1-5-7(6-2)8(3)4;1-2-4-7-5-3-6-7;1-5-6(2)7(3)4;1-2-6-4-3-5-6;1-4-5-6(2)3;1-4-5(2)3/h7H,5-6H2,1-4H3;2-6H2,1H3;6H,5H2,1-4H3;2-5H2,1H3;4-5H2,1-3H3;4H2,1-3H3/t;;6-;;;/m..1.../s1. The molecule has 0 bridgehead atoms. The molecule has 0 aliphatic carbocycles. The summed E-state index contributed by atoms with van der Waals surface area (Å²) in [5, 5.41) is 0. The van der Waals surface area contributed by atoms with E-state index in [1.165, 1.54) is 90.8 Å². The molecule has 2 fully saturated rings. The van der Waals surface area contributed by atoms with Crippen molar-refractivity contribution >= 4 is 0 Å². The Bertz CT molecular complexity index is 414. The molecule has 0 saturated carbocycles. The Morgan fingerprint density at radius 3 is 1.03 bits per heavy atom. The molecule has 242 valence electrons. The molecule has 2 aliphatic rings. The van der Waals surface area contributed by atoms with Gasteiger partial charge in [0.1, 0.15) is 0 Å². The summed E-state index contributed by atoms with van der Waals surface area (Å²) in [6.07, 6.45) is 9.21. The minimum absolute atomic E-state index is 0.736. The summed E-state index contributed by atoms with van der Waals surface area (Å²) in [5.74, 6) is 0. The monoisotopic (exact) mass is 561 g/mol. The quantitative estimate of drug-likeness (QED) is 0.288. The molecular formula is C33H80N6. The second kappa shape index (κ2) is 34.0. The third-order valence-corrected chi connectivity index (χ3v) is 7.33. The van der Waals surface area contributed by atoms with Crippen LogP contribution in [0.3, 0.4) is 0 Å². The minimum atomic E-state index is 0.736. The molecule has 2 heterocycles. The van der Waals surface area contributed by atoms with E-state index in [0.29, 0.717) is 0 Å². The van der Waals surface area contributed by atoms with Crippen molar-refractivity contribution in [1.29, 1.82) is 0 Å². The lowest BCUT2D eigenvalue weighted by Crippen LogP contribution is -2.37. The van der Waals surface area contributed by atoms with Crippen molar-refractivity contribution in [2.24, 2.45) is 0 Å². The highest BCUT2D eigenvalue weighted by Crippen LogP contribution is 2.04. The van der Waals surface area contributed by atoms with E-state index < -0.39 is 0 Å². The van der Waals surface area contributed by atoms with Gasteiger partial charge in [0.2, 0.25) is 0 Å². The Balaban J connectivity index is -0.000000190. The van der Waals surface area contributed by atoms with Crippen molar-refractivity contribution in [3.63, 3.8) is 0 Å². The fraction of sp³-hybridized carbons (Fsp3) is 1.00. The van der Waals surface area contributed by atoms with Crippen LogP contribution in [0.4, 0.5) is 0 Å². The van der Waals surface area contributed by atoms with Crippen LogP contribution >= 0.6 is 0 Å². The summed E-state index contributed by atoms with van der Waals surface area (Å²) >= 11 is 0. The maximum Gasteiger partial charge on any atom is 0.00839 e. The van der Waals surface area contributed by atoms with E-state index in [-0.39, 0.29) is 0 Å². The van der Waals surface area contributed by atoms with Gasteiger partial charge in [-0.25, -0.2) is 0 Å². The van der Waals surface area contributed by atoms with Gasteiger partial charge in [-0.3, -0.25) is 0 Å². The summed E-state index contributed by atoms with van der Waals surface area (Å²) in [5.41, 5.74) is 0. The smallest absolute Gasteiger partial charge is 0.00839 e. The fourth-order valence-corrected chi connectivity index (χ4v) is 3.45. The van der Waals surface area contributed by atoms with Crippen LogP contribution in [0.25, 0.3) is 0 Å². The Kier molecular flexibility index (Phi) is 39.8. The highest BCUT2D eigenvalue weighted by Gasteiger charge is 2.10. The first-order valence-electron chi connectivity index (χ1n) is 16.4. The van der Waals surface area contributed by atoms with Crippen molar-refractivity contribution in [2.75, 3.05) is 109 Å². The van der Waals surface area contributed by atoms with Gasteiger partial charge >= 0.3 is 0 Å². The molecule has 6 nitrogen and oxygen atoms in total. The van der Waals surface area contributed by atoms with Crippen molar-refractivity contribution < 1.29 is 0 Å². The van der Waals surface area contributed by atoms with Gasteiger partial charge in [-0.1, -0.05) is 48.5 Å². The average molecular weight is 561 g/mol. The van der Waals surface area contributed by atoms with Gasteiger partial charge in [-0.15, -0.1) is 0 Å². The van der Waals surface area contributed by atoms with E-state index in [9.17, 15) is 0 Å². The first-order chi connectivity index (χ1) is 18.3. The van der Waals surface area contributed by atoms with Gasteiger partial charge < -0.3 is 29.4 Å². The number of nitrogens with zero attached hydrogens (tertiary/aromatic N) is 6. The SMILES string of the molecule is CCC(CC)N(C)C.CCCN(C)C.CCCN1CCC1.CCN(C)C.CCN1CCC1.CC[C@@H](C)N(C)C. The maximum atomic E-state index is 2.49. The van der Waals surface area contributed by atoms with Gasteiger partial charge in [0.15, 0.2) is 0 Å². The Labute approximate surface area is 250 Å². The highest BCUT2D eigenvalue weighted by molar-refractivity contribution is 4.66. The number of hydrogen-bond donors (Lipinski definition) is 0. The van der Waals surface area contributed by atoms with Crippen molar-refractivity contribution in [3.8, 4) is 0 Å². The first-order valence-corrected chi connectivity index (χ1v) is 16.4. The number of hydrogen-bond acceptors (Lipinski definition) is 6. The van der Waals surface area contributed by atoms with Crippen molar-refractivity contribution in [2.45, 2.75) is 112 Å². The molecule has 0 aromatic heterocycles. The van der Waals surface area contributed by atoms with Gasteiger partial charge in [-0.2, -0.15) is 0 Å². The van der Waals surface area contributed by atoms with Crippen LogP contribution in [0.1, 0.15) is 100 Å². The Morgan fingerprint density at radius 1 is 0.564 bits per heavy atom. The molecule has 0 radical (unpaired) electrons. The molecule has 0 spiro atoms. The fourth-order valence-electron chi connectivity index (χ4n) is 3.45. The van der Waals surface area contributed by atoms with Crippen LogP contribution in [0.2, 0.25) is 0 Å². The zero-order chi connectivity index (χ0) is 31.2. The predicted octanol–water partition coefficient (Wildman–Crippen LogP) is 6.42. The molecule has 0 aromatic rings. The third-order valence-electron chi connectivity index (χ3n) is 7.33. The Morgan fingerprint density at radius 2 is 1.00 bits per heavy atom. The van der Waals surface area contributed by atoms with Crippen molar-refractivity contribution in [3.05, 3.63) is 0 Å². The molecule has 6 heteroatoms. The molecule has 39 heavy (non-hydrogen) atoms. The summed E-state index contributed by atoms with van der Waals surface area (Å²) in [7, 11) is 16.8. The zero-order valence-electron chi connectivity index (χ0n) is 30.4. The lowest BCUT2D eigenvalue weighted by Gasteiger charge is -2.29. The number of likely N-dealkylation sites (tertiary alicyclic amines) is 2. The van der Waals surface area contributed by atoms with Crippen LogP contribution in [-0.2, 0) is 0 Å². The Hall–Kier alpha value is -0.240. The molecule has 0 amide bonds. The topological polar surface area (TPSA) is 19.4 Å². The largest absolute Gasteiger partial charge is 0.310 e. The highest BCUT2D eigenvalue weighted by atomic mass is 15.2. The summed E-state index contributed by atoms with van der Waals surface area (Å²) < 4.78 is 0. The maximum absolute atomic E-state index is 2.49. The van der Waals surface area contributed by atoms with Crippen LogP contribution in [0.5, 0.6) is 0 Å². The first kappa shape index (κ1) is 45.7. The molecule has 1 atom stereocenters. The summed E-state index contributed by atoms with van der Waals surface area (Å²) in [6, 6.07) is 1.52. The van der Waals surface area contributed by atoms with E-state index in [0.717, 1.165) is 18.6 Å². The molecule has 0 aromatic carbocycles. The lowest BCUT2D eigenvalue weighted by atomic mass is 10.1. The lowest BCUT2D eigenvalue weighted by molar-refractivity contribution is 0.182. The van der Waals surface area contributed by atoms with Gasteiger partial charge in [-0.05, 0) is 161 Å². The van der Waals surface area contributed by atoms with E-state index in [1.54, 1.807) is 0 Å². The average Bonchev–Trinajstić information content (AvgIpc) is 2.82. The van der Waals surface area contributed by atoms with Crippen molar-refractivity contribution in [1.82, 2.24) is 29.4 Å². The summed E-state index contributed by atoms with van der Waals surface area (Å²) in [4.78, 5) is 13.7. The number of rotatable bonds is 11. The van der Waals surface area contributed by atoms with E-state index in [4.69, 9.17) is 0 Å². The van der Waals surface area contributed by atoms with Crippen LogP contribution in [-0.4, -0.2) is 150 Å². The second-order valence-corrected chi connectivity index (χ2v) is 11.8. The van der Waals surface area contributed by atoms with E-state index in [1.807, 2.05) is 0 Å². The van der Waals surface area contributed by atoms with E-state index in [2.05, 4.69) is 141 Å². The molecule has 2 aliphatic heterocycles. The van der Waals surface area contributed by atoms with Crippen LogP contribution < -0.4 is 0 Å². The van der Waals surface area contributed by atoms with Gasteiger partial charge in [0, 0.05) is 12.1 Å². The van der Waals surface area contributed by atoms with E-state index >= 15 is 0 Å². The molecular weight excluding hydrogens is 480 g/mol. The summed E-state index contributed by atoms with van der Waals surface area (Å²) in [6.45, 7) is 27.9. The minimum Gasteiger partial charge on any atom is -0.310 e. The van der Waals surface area contributed by atoms with Gasteiger partial charge in [0.25, 0.3) is 0 Å². The van der Waals surface area contributed by atoms with Crippen LogP contribution in [0, 0.1) is 0 Å². The normalized spacial score (nSPS) is 15.3. The van der Waals surface area contributed by atoms with Crippen LogP contribution in [0.15, 0.2) is 0 Å². The second-order valence-electron chi connectivity index (χ2n) is 11.8. The molecule has 2 saturated heterocycles. The molecule has 2 rings (SSSR count). The zero-order valence-corrected chi connectivity index (χ0v) is 30.4.